The second kappa shape index (κ2) is 10.7. The van der Waals surface area contributed by atoms with Gasteiger partial charge in [0.25, 0.3) is 0 Å². The van der Waals surface area contributed by atoms with Crippen molar-refractivity contribution in [3.63, 3.8) is 0 Å². The van der Waals surface area contributed by atoms with Crippen LogP contribution in [0.4, 0.5) is 0 Å². The maximum absolute atomic E-state index is 11.8. The van der Waals surface area contributed by atoms with Crippen LogP contribution >= 0.6 is 0 Å². The van der Waals surface area contributed by atoms with Crippen LogP contribution in [0, 0.1) is 6.92 Å². The zero-order valence-corrected chi connectivity index (χ0v) is 17.7. The van der Waals surface area contributed by atoms with Crippen molar-refractivity contribution in [1.29, 1.82) is 0 Å². The molecule has 3 aromatic carbocycles. The van der Waals surface area contributed by atoms with Gasteiger partial charge in [-0.1, -0.05) is 60.7 Å². The SMILES string of the molecule is Cc1c(CC(N)=O)c2c(OCC(=O)O)cccc2n1Cc1ccccc1-c1ccccc1.[NaH]. The quantitative estimate of drug-likeness (QED) is 0.400. The molecule has 0 fully saturated rings. The minimum absolute atomic E-state index is 0. The Bertz CT molecular complexity index is 1300. The zero-order chi connectivity index (χ0) is 22.7. The Hall–Kier alpha value is -3.06. The number of hydrogen-bond acceptors (Lipinski definition) is 3. The minimum atomic E-state index is -1.06. The van der Waals surface area contributed by atoms with Crippen LogP contribution in [0.25, 0.3) is 22.0 Å². The third kappa shape index (κ3) is 5.30. The predicted molar refractivity (Wildman–Crippen MR) is 131 cm³/mol. The summed E-state index contributed by atoms with van der Waals surface area (Å²) in [5.74, 6) is -1.09. The Kier molecular flexibility index (Phi) is 7.97. The van der Waals surface area contributed by atoms with Crippen LogP contribution in [0.2, 0.25) is 0 Å². The standard InChI is InChI=1S/C26H24N2O4.Na.H/c1-17-21(14-24(27)29)26-22(12-7-13-23(26)32-16-25(30)31)28(17)15-19-10-5-6-11-20(19)18-8-3-2-4-9-18;;/h2-13H,14-16H2,1H3,(H2,27,29)(H,30,31);;. The molecule has 0 radical (unpaired) electrons. The molecular weight excluding hydrogens is 427 g/mol. The number of nitrogens with two attached hydrogens (primary N) is 1. The fraction of sp³-hybridized carbons (Fsp3) is 0.154. The second-order valence-electron chi connectivity index (χ2n) is 7.65. The summed E-state index contributed by atoms with van der Waals surface area (Å²) in [5, 5.41) is 9.77. The fourth-order valence-corrected chi connectivity index (χ4v) is 4.15. The molecule has 0 aliphatic rings. The van der Waals surface area contributed by atoms with E-state index in [0.29, 0.717) is 12.3 Å². The van der Waals surface area contributed by atoms with E-state index >= 15 is 0 Å². The van der Waals surface area contributed by atoms with Gasteiger partial charge >= 0.3 is 35.5 Å². The summed E-state index contributed by atoms with van der Waals surface area (Å²) in [4.78, 5) is 22.9. The van der Waals surface area contributed by atoms with Gasteiger partial charge in [0.2, 0.25) is 5.91 Å². The molecule has 33 heavy (non-hydrogen) atoms. The molecule has 1 heterocycles. The summed E-state index contributed by atoms with van der Waals surface area (Å²) >= 11 is 0. The molecule has 164 valence electrons. The summed E-state index contributed by atoms with van der Waals surface area (Å²) in [6.45, 7) is 2.06. The van der Waals surface area contributed by atoms with E-state index in [1.54, 1.807) is 6.07 Å². The first kappa shape index (κ1) is 24.6. The van der Waals surface area contributed by atoms with Crippen molar-refractivity contribution in [2.45, 2.75) is 19.9 Å². The predicted octanol–water partition coefficient (Wildman–Crippen LogP) is 3.51. The Labute approximate surface area is 214 Å². The maximum atomic E-state index is 11.8. The van der Waals surface area contributed by atoms with Crippen molar-refractivity contribution in [3.05, 3.63) is 89.6 Å². The van der Waals surface area contributed by atoms with Gasteiger partial charge in [0.15, 0.2) is 6.61 Å². The average molecular weight is 452 g/mol. The number of aromatic nitrogens is 1. The van der Waals surface area contributed by atoms with Crippen LogP contribution in [0.15, 0.2) is 72.8 Å². The number of rotatable bonds is 8. The molecule has 0 atom stereocenters. The Morgan fingerprint density at radius 3 is 2.36 bits per heavy atom. The molecule has 0 unspecified atom stereocenters. The number of carboxylic acids is 1. The van der Waals surface area contributed by atoms with E-state index in [-0.39, 0.29) is 36.0 Å². The van der Waals surface area contributed by atoms with E-state index in [0.717, 1.165) is 38.9 Å². The molecule has 1 aromatic heterocycles. The zero-order valence-electron chi connectivity index (χ0n) is 17.7. The number of amides is 1. The van der Waals surface area contributed by atoms with Crippen LogP contribution in [-0.4, -0.2) is 57.7 Å². The van der Waals surface area contributed by atoms with Gasteiger partial charge in [-0.05, 0) is 41.3 Å². The van der Waals surface area contributed by atoms with Gasteiger partial charge in [-0.3, -0.25) is 4.79 Å². The number of ether oxygens (including phenoxy) is 1. The van der Waals surface area contributed by atoms with Gasteiger partial charge in [-0.15, -0.1) is 0 Å². The number of benzene rings is 3. The van der Waals surface area contributed by atoms with Crippen molar-refractivity contribution in [1.82, 2.24) is 4.57 Å². The summed E-state index contributed by atoms with van der Waals surface area (Å²) in [5.41, 5.74) is 11.4. The molecular formula is C26H25N2NaO4. The molecule has 6 nitrogen and oxygen atoms in total. The van der Waals surface area contributed by atoms with Crippen LogP contribution < -0.4 is 10.5 Å². The molecule has 4 rings (SSSR count). The summed E-state index contributed by atoms with van der Waals surface area (Å²) in [6.07, 6.45) is 0.0448. The topological polar surface area (TPSA) is 94.6 Å². The van der Waals surface area contributed by atoms with Crippen LogP contribution in [0.1, 0.15) is 16.8 Å². The van der Waals surface area contributed by atoms with E-state index in [1.165, 1.54) is 0 Å². The number of carboxylic acid groups (broad SMARTS) is 1. The number of fused-ring (bicyclic) bond motifs is 1. The van der Waals surface area contributed by atoms with Crippen molar-refractivity contribution < 1.29 is 19.4 Å². The van der Waals surface area contributed by atoms with E-state index < -0.39 is 18.5 Å². The van der Waals surface area contributed by atoms with Gasteiger partial charge in [0.05, 0.1) is 11.9 Å². The first-order valence-electron chi connectivity index (χ1n) is 10.3. The fourth-order valence-electron chi connectivity index (χ4n) is 4.15. The Morgan fingerprint density at radius 2 is 1.67 bits per heavy atom. The average Bonchev–Trinajstić information content (AvgIpc) is 3.04. The first-order chi connectivity index (χ1) is 15.5. The van der Waals surface area contributed by atoms with Crippen LogP contribution in [0.5, 0.6) is 5.75 Å². The first-order valence-corrected chi connectivity index (χ1v) is 10.3. The number of carbonyl (C=O) groups excluding carboxylic acids is 1. The molecule has 3 N–H and O–H groups in total. The van der Waals surface area contributed by atoms with Crippen molar-refractivity contribution in [2.24, 2.45) is 5.73 Å². The Balaban J connectivity index is 0.00000306. The summed E-state index contributed by atoms with van der Waals surface area (Å²) in [6, 6.07) is 23.9. The van der Waals surface area contributed by atoms with Gasteiger partial charge in [-0.25, -0.2) is 4.79 Å². The molecule has 4 aromatic rings. The number of primary amides is 1. The molecule has 1 amide bonds. The molecule has 0 saturated carbocycles. The van der Waals surface area contributed by atoms with E-state index in [2.05, 4.69) is 28.8 Å². The molecule has 0 aliphatic heterocycles. The van der Waals surface area contributed by atoms with Crippen molar-refractivity contribution in [2.75, 3.05) is 6.61 Å². The Morgan fingerprint density at radius 1 is 0.970 bits per heavy atom. The third-order valence-corrected chi connectivity index (χ3v) is 5.57. The third-order valence-electron chi connectivity index (χ3n) is 5.57. The number of nitrogens with zero attached hydrogens (tertiary/aromatic N) is 1. The summed E-state index contributed by atoms with van der Waals surface area (Å²) in [7, 11) is 0. The monoisotopic (exact) mass is 452 g/mol. The molecule has 0 bridgehead atoms. The van der Waals surface area contributed by atoms with E-state index in [9.17, 15) is 9.59 Å². The normalized spacial score (nSPS) is 10.6. The van der Waals surface area contributed by atoms with Gasteiger partial charge in [0, 0.05) is 17.6 Å². The van der Waals surface area contributed by atoms with Gasteiger partial charge in [0.1, 0.15) is 5.75 Å². The number of hydrogen-bond donors (Lipinski definition) is 2. The van der Waals surface area contributed by atoms with E-state index in [1.807, 2.05) is 49.4 Å². The molecule has 0 aliphatic carbocycles. The molecule has 0 spiro atoms. The summed E-state index contributed by atoms with van der Waals surface area (Å²) < 4.78 is 7.68. The van der Waals surface area contributed by atoms with Gasteiger partial charge in [-0.2, -0.15) is 0 Å². The molecule has 7 heteroatoms. The second-order valence-corrected chi connectivity index (χ2v) is 7.65. The van der Waals surface area contributed by atoms with Gasteiger partial charge < -0.3 is 20.1 Å². The number of carbonyl (C=O) groups is 2. The van der Waals surface area contributed by atoms with Crippen LogP contribution in [0.3, 0.4) is 0 Å². The number of aliphatic carboxylic acids is 1. The van der Waals surface area contributed by atoms with Crippen molar-refractivity contribution in [3.8, 4) is 16.9 Å². The van der Waals surface area contributed by atoms with Crippen molar-refractivity contribution >= 4 is 52.3 Å². The van der Waals surface area contributed by atoms with E-state index in [4.69, 9.17) is 15.6 Å². The molecule has 0 saturated heterocycles. The van der Waals surface area contributed by atoms with Crippen LogP contribution in [-0.2, 0) is 22.6 Å².